The monoisotopic (exact) mass is 258 g/mol. The van der Waals surface area contributed by atoms with Crippen molar-refractivity contribution in [3.63, 3.8) is 0 Å². The van der Waals surface area contributed by atoms with E-state index in [1.54, 1.807) is 0 Å². The predicted octanol–water partition coefficient (Wildman–Crippen LogP) is 3.17. The molecule has 0 amide bonds. The summed E-state index contributed by atoms with van der Waals surface area (Å²) in [5.74, 6) is 0.846. The van der Waals surface area contributed by atoms with E-state index in [9.17, 15) is 0 Å². The fraction of sp³-hybridized carbons (Fsp3) is 0.647. The Kier molecular flexibility index (Phi) is 4.19. The molecule has 1 aromatic carbocycles. The molecule has 1 aliphatic heterocycles. The number of benzene rings is 1. The molecule has 3 rings (SSSR count). The van der Waals surface area contributed by atoms with E-state index >= 15 is 0 Å². The van der Waals surface area contributed by atoms with E-state index in [4.69, 9.17) is 5.73 Å². The van der Waals surface area contributed by atoms with Gasteiger partial charge in [0, 0.05) is 18.6 Å². The van der Waals surface area contributed by atoms with E-state index in [0.29, 0.717) is 12.1 Å². The molecule has 1 heterocycles. The van der Waals surface area contributed by atoms with Gasteiger partial charge in [0.1, 0.15) is 0 Å². The Morgan fingerprint density at radius 3 is 2.47 bits per heavy atom. The summed E-state index contributed by atoms with van der Waals surface area (Å²) in [6.07, 6.45) is 8.08. The topological polar surface area (TPSA) is 29.3 Å². The van der Waals surface area contributed by atoms with Crippen LogP contribution in [0.3, 0.4) is 0 Å². The van der Waals surface area contributed by atoms with Gasteiger partial charge in [-0.15, -0.1) is 0 Å². The first-order chi connectivity index (χ1) is 9.34. The highest BCUT2D eigenvalue weighted by atomic mass is 15.2. The van der Waals surface area contributed by atoms with Crippen LogP contribution in [0.4, 0.5) is 0 Å². The Balaban J connectivity index is 1.73. The second-order valence-corrected chi connectivity index (χ2v) is 6.30. The summed E-state index contributed by atoms with van der Waals surface area (Å²) in [6.45, 7) is 2.31. The fourth-order valence-corrected chi connectivity index (χ4v) is 4.07. The minimum absolute atomic E-state index is 0.389. The van der Waals surface area contributed by atoms with Crippen LogP contribution < -0.4 is 5.73 Å². The van der Waals surface area contributed by atoms with E-state index in [1.165, 1.54) is 50.6 Å². The van der Waals surface area contributed by atoms with E-state index < -0.39 is 0 Å². The predicted molar refractivity (Wildman–Crippen MR) is 79.8 cm³/mol. The Morgan fingerprint density at radius 1 is 1.00 bits per heavy atom. The minimum Gasteiger partial charge on any atom is -0.326 e. The molecule has 2 fully saturated rings. The third-order valence-electron chi connectivity index (χ3n) is 4.95. The van der Waals surface area contributed by atoms with E-state index in [1.807, 2.05) is 0 Å². The summed E-state index contributed by atoms with van der Waals surface area (Å²) in [5, 5.41) is 0. The largest absolute Gasteiger partial charge is 0.326 e. The van der Waals surface area contributed by atoms with Gasteiger partial charge in [0.2, 0.25) is 0 Å². The molecule has 2 N–H and O–H groups in total. The molecule has 2 aliphatic rings. The zero-order valence-corrected chi connectivity index (χ0v) is 11.8. The second-order valence-electron chi connectivity index (χ2n) is 6.30. The lowest BCUT2D eigenvalue weighted by atomic mass is 9.85. The maximum atomic E-state index is 6.46. The van der Waals surface area contributed by atoms with Crippen molar-refractivity contribution < 1.29 is 0 Å². The third kappa shape index (κ3) is 3.01. The summed E-state index contributed by atoms with van der Waals surface area (Å²) in [6, 6.07) is 11.9. The molecular weight excluding hydrogens is 232 g/mol. The Morgan fingerprint density at radius 2 is 1.74 bits per heavy atom. The third-order valence-corrected chi connectivity index (χ3v) is 4.95. The van der Waals surface area contributed by atoms with Crippen molar-refractivity contribution in [1.82, 2.24) is 4.90 Å². The molecule has 19 heavy (non-hydrogen) atoms. The highest BCUT2D eigenvalue weighted by molar-refractivity contribution is 5.15. The molecule has 0 radical (unpaired) electrons. The van der Waals surface area contributed by atoms with Gasteiger partial charge in [-0.25, -0.2) is 0 Å². The van der Waals surface area contributed by atoms with Crippen LogP contribution in [0.5, 0.6) is 0 Å². The van der Waals surface area contributed by atoms with Crippen molar-refractivity contribution in [3.05, 3.63) is 35.9 Å². The van der Waals surface area contributed by atoms with Crippen molar-refractivity contribution in [3.8, 4) is 0 Å². The zero-order chi connectivity index (χ0) is 13.1. The first-order valence-corrected chi connectivity index (χ1v) is 7.88. The van der Waals surface area contributed by atoms with Crippen LogP contribution in [-0.2, 0) is 6.54 Å². The van der Waals surface area contributed by atoms with Crippen molar-refractivity contribution in [2.24, 2.45) is 11.7 Å². The van der Waals surface area contributed by atoms with Gasteiger partial charge in [-0.1, -0.05) is 43.2 Å². The quantitative estimate of drug-likeness (QED) is 0.902. The van der Waals surface area contributed by atoms with E-state index in [2.05, 4.69) is 35.2 Å². The maximum absolute atomic E-state index is 6.46. The molecule has 0 spiro atoms. The Labute approximate surface area is 117 Å². The highest BCUT2D eigenvalue weighted by Crippen LogP contribution is 2.35. The summed E-state index contributed by atoms with van der Waals surface area (Å²) >= 11 is 0. The van der Waals surface area contributed by atoms with E-state index in [-0.39, 0.29) is 0 Å². The average Bonchev–Trinajstić information content (AvgIpc) is 2.94. The van der Waals surface area contributed by atoms with Crippen molar-refractivity contribution >= 4 is 0 Å². The number of hydrogen-bond donors (Lipinski definition) is 1. The number of nitrogens with zero attached hydrogens (tertiary/aromatic N) is 1. The average molecular weight is 258 g/mol. The highest BCUT2D eigenvalue weighted by Gasteiger charge is 2.36. The molecular formula is C17H26N2. The van der Waals surface area contributed by atoms with Crippen LogP contribution >= 0.6 is 0 Å². The molecule has 2 nitrogen and oxygen atoms in total. The number of hydrogen-bond acceptors (Lipinski definition) is 2. The minimum atomic E-state index is 0.389. The number of piperidine rings is 1. The molecule has 2 unspecified atom stereocenters. The fourth-order valence-electron chi connectivity index (χ4n) is 4.07. The molecule has 1 saturated carbocycles. The van der Waals surface area contributed by atoms with Crippen LogP contribution in [0, 0.1) is 5.92 Å². The molecule has 1 aliphatic carbocycles. The smallest absolute Gasteiger partial charge is 0.0278 e. The van der Waals surface area contributed by atoms with Gasteiger partial charge < -0.3 is 5.73 Å². The number of nitrogens with two attached hydrogens (primary N) is 1. The van der Waals surface area contributed by atoms with Gasteiger partial charge in [-0.2, -0.15) is 0 Å². The normalized spacial score (nSPS) is 29.7. The molecule has 104 valence electrons. The van der Waals surface area contributed by atoms with Crippen LogP contribution in [0.15, 0.2) is 30.3 Å². The van der Waals surface area contributed by atoms with Crippen LogP contribution in [0.1, 0.15) is 44.1 Å². The Bertz CT molecular complexity index is 384. The van der Waals surface area contributed by atoms with Gasteiger partial charge in [-0.05, 0) is 43.7 Å². The van der Waals surface area contributed by atoms with Crippen LogP contribution in [0.2, 0.25) is 0 Å². The van der Waals surface area contributed by atoms with Gasteiger partial charge in [-0.3, -0.25) is 4.90 Å². The van der Waals surface area contributed by atoms with Crippen molar-refractivity contribution in [1.29, 1.82) is 0 Å². The first-order valence-electron chi connectivity index (χ1n) is 7.88. The first kappa shape index (κ1) is 13.1. The molecule has 2 atom stereocenters. The van der Waals surface area contributed by atoms with Crippen LogP contribution in [-0.4, -0.2) is 23.5 Å². The zero-order valence-electron chi connectivity index (χ0n) is 11.8. The standard InChI is InChI=1S/C17H26N2/c18-16-11-6-12-19(13-14-7-2-1-3-8-14)17(16)15-9-4-5-10-15/h1-3,7-8,15-17H,4-6,9-13,18H2. The van der Waals surface area contributed by atoms with Crippen molar-refractivity contribution in [2.45, 2.75) is 57.2 Å². The van der Waals surface area contributed by atoms with Gasteiger partial charge in [0.05, 0.1) is 0 Å². The number of rotatable bonds is 3. The summed E-state index contributed by atoms with van der Waals surface area (Å²) in [4.78, 5) is 2.67. The van der Waals surface area contributed by atoms with Crippen molar-refractivity contribution in [2.75, 3.05) is 6.54 Å². The molecule has 2 heteroatoms. The maximum Gasteiger partial charge on any atom is 0.0278 e. The van der Waals surface area contributed by atoms with Gasteiger partial charge in [0.25, 0.3) is 0 Å². The SMILES string of the molecule is NC1CCCN(Cc2ccccc2)C1C1CCCC1. The van der Waals surface area contributed by atoms with Crippen LogP contribution in [0.25, 0.3) is 0 Å². The summed E-state index contributed by atoms with van der Waals surface area (Å²) in [7, 11) is 0. The molecule has 1 saturated heterocycles. The lowest BCUT2D eigenvalue weighted by Gasteiger charge is -2.43. The number of likely N-dealkylation sites (tertiary alicyclic amines) is 1. The molecule has 0 aromatic heterocycles. The van der Waals surface area contributed by atoms with Gasteiger partial charge >= 0.3 is 0 Å². The molecule has 0 bridgehead atoms. The second kappa shape index (κ2) is 6.06. The van der Waals surface area contributed by atoms with Gasteiger partial charge in [0.15, 0.2) is 0 Å². The summed E-state index contributed by atoms with van der Waals surface area (Å²) < 4.78 is 0. The lowest BCUT2D eigenvalue weighted by Crippen LogP contribution is -2.54. The van der Waals surface area contributed by atoms with E-state index in [0.717, 1.165) is 12.5 Å². The molecule has 1 aromatic rings. The Hall–Kier alpha value is -0.860. The lowest BCUT2D eigenvalue weighted by molar-refractivity contribution is 0.0761. The summed E-state index contributed by atoms with van der Waals surface area (Å²) in [5.41, 5.74) is 7.89.